The van der Waals surface area contributed by atoms with E-state index in [1.807, 2.05) is 18.6 Å². The van der Waals surface area contributed by atoms with Crippen molar-refractivity contribution in [2.45, 2.75) is 34.5 Å². The zero-order valence-electron chi connectivity index (χ0n) is 10.3. The molecule has 1 aromatic rings. The lowest BCUT2D eigenvalue weighted by molar-refractivity contribution is -0.137. The van der Waals surface area contributed by atoms with Gasteiger partial charge in [0.2, 0.25) is 0 Å². The molecule has 1 fully saturated rings. The van der Waals surface area contributed by atoms with E-state index >= 15 is 0 Å². The summed E-state index contributed by atoms with van der Waals surface area (Å²) in [5.41, 5.74) is 0.911. The van der Waals surface area contributed by atoms with E-state index in [1.165, 1.54) is 0 Å². The number of carboxylic acid groups (broad SMARTS) is 1. The largest absolute Gasteiger partial charge is 0.481 e. The highest BCUT2D eigenvalue weighted by Crippen LogP contribution is 2.53. The second kappa shape index (κ2) is 5.35. The highest BCUT2D eigenvalue weighted by Gasteiger charge is 2.46. The Bertz CT molecular complexity index is 484. The molecule has 98 valence electrons. The number of carboxylic acids is 1. The molecule has 0 heterocycles. The average molecular weight is 303 g/mol. The number of hydrogen-bond acceptors (Lipinski definition) is 3. The summed E-state index contributed by atoms with van der Waals surface area (Å²) in [5.74, 6) is -0.733. The van der Waals surface area contributed by atoms with Gasteiger partial charge in [0, 0.05) is 15.2 Å². The third-order valence-corrected chi connectivity index (χ3v) is 5.54. The summed E-state index contributed by atoms with van der Waals surface area (Å²) in [4.78, 5) is 13.2. The van der Waals surface area contributed by atoms with Gasteiger partial charge in [0.25, 0.3) is 0 Å². The van der Waals surface area contributed by atoms with Crippen LogP contribution in [0.1, 0.15) is 24.8 Å². The van der Waals surface area contributed by atoms with Gasteiger partial charge in [0.1, 0.15) is 0 Å². The van der Waals surface area contributed by atoms with Gasteiger partial charge in [-0.15, -0.1) is 23.5 Å². The minimum atomic E-state index is -0.733. The molecule has 0 unspecified atom stereocenters. The molecular weight excluding hydrogens is 288 g/mol. The van der Waals surface area contributed by atoms with E-state index < -0.39 is 5.97 Å². The fraction of sp³-hybridized carbons (Fsp3) is 0.462. The van der Waals surface area contributed by atoms with Gasteiger partial charge in [0.05, 0.1) is 11.4 Å². The van der Waals surface area contributed by atoms with Crippen LogP contribution in [0.15, 0.2) is 21.9 Å². The van der Waals surface area contributed by atoms with E-state index in [4.69, 9.17) is 16.7 Å². The molecule has 0 bridgehead atoms. The first-order valence-corrected chi connectivity index (χ1v) is 8.49. The number of rotatable bonds is 5. The standard InChI is InChI=1S/C13H15ClO2S2/c1-17-10-6-8(5-9(14)12(10)18-2)13(3-4-13)7-11(15)16/h5-6H,3-4,7H2,1-2H3,(H,15,16). The summed E-state index contributed by atoms with van der Waals surface area (Å²) in [6.07, 6.45) is 6.12. The van der Waals surface area contributed by atoms with Gasteiger partial charge < -0.3 is 5.11 Å². The maximum atomic E-state index is 10.9. The molecule has 1 aromatic carbocycles. The van der Waals surface area contributed by atoms with E-state index in [-0.39, 0.29) is 11.8 Å². The van der Waals surface area contributed by atoms with Gasteiger partial charge in [-0.2, -0.15) is 0 Å². The lowest BCUT2D eigenvalue weighted by Crippen LogP contribution is -2.13. The van der Waals surface area contributed by atoms with Crippen LogP contribution in [0, 0.1) is 0 Å². The Kier molecular flexibility index (Phi) is 4.19. The SMILES string of the molecule is CSc1cc(C2(CC(=O)O)CC2)cc(Cl)c1SC. The van der Waals surface area contributed by atoms with Crippen molar-refractivity contribution in [1.82, 2.24) is 0 Å². The lowest BCUT2D eigenvalue weighted by Gasteiger charge is -2.17. The van der Waals surface area contributed by atoms with E-state index in [2.05, 4.69) is 6.07 Å². The van der Waals surface area contributed by atoms with E-state index in [0.717, 1.165) is 33.2 Å². The molecule has 0 atom stereocenters. The van der Waals surface area contributed by atoms with Gasteiger partial charge in [0.15, 0.2) is 0 Å². The molecule has 1 aliphatic carbocycles. The number of thioether (sulfide) groups is 2. The van der Waals surface area contributed by atoms with Crippen LogP contribution in [0.25, 0.3) is 0 Å². The van der Waals surface area contributed by atoms with E-state index in [1.54, 1.807) is 23.5 Å². The number of benzene rings is 1. The van der Waals surface area contributed by atoms with Gasteiger partial charge in [-0.05, 0) is 43.0 Å². The first-order valence-electron chi connectivity index (χ1n) is 5.66. The zero-order chi connectivity index (χ0) is 13.3. The molecule has 0 radical (unpaired) electrons. The molecule has 1 N–H and O–H groups in total. The van der Waals surface area contributed by atoms with Crippen molar-refractivity contribution in [2.24, 2.45) is 0 Å². The molecule has 1 aliphatic rings. The monoisotopic (exact) mass is 302 g/mol. The quantitative estimate of drug-likeness (QED) is 0.823. The topological polar surface area (TPSA) is 37.3 Å². The summed E-state index contributed by atoms with van der Waals surface area (Å²) in [6, 6.07) is 4.06. The number of halogens is 1. The predicted octanol–water partition coefficient (Wildman–Crippen LogP) is 4.29. The molecule has 1 saturated carbocycles. The van der Waals surface area contributed by atoms with Crippen LogP contribution in [0.4, 0.5) is 0 Å². The van der Waals surface area contributed by atoms with Crippen LogP contribution in [-0.2, 0) is 10.2 Å². The van der Waals surface area contributed by atoms with Crippen LogP contribution in [-0.4, -0.2) is 23.6 Å². The fourth-order valence-electron chi connectivity index (χ4n) is 2.23. The smallest absolute Gasteiger partial charge is 0.304 e. The Morgan fingerprint density at radius 1 is 1.39 bits per heavy atom. The van der Waals surface area contributed by atoms with Gasteiger partial charge in [-0.1, -0.05) is 11.6 Å². The molecule has 0 saturated heterocycles. The molecule has 0 aliphatic heterocycles. The Morgan fingerprint density at radius 3 is 2.50 bits per heavy atom. The van der Waals surface area contributed by atoms with E-state index in [9.17, 15) is 4.79 Å². The number of hydrogen-bond donors (Lipinski definition) is 1. The predicted molar refractivity (Wildman–Crippen MR) is 78.2 cm³/mol. The van der Waals surface area contributed by atoms with Gasteiger partial charge >= 0.3 is 5.97 Å². The number of carbonyl (C=O) groups is 1. The van der Waals surface area contributed by atoms with Crippen molar-refractivity contribution in [3.8, 4) is 0 Å². The van der Waals surface area contributed by atoms with Gasteiger partial charge in [-0.25, -0.2) is 0 Å². The molecule has 2 nitrogen and oxygen atoms in total. The minimum absolute atomic E-state index is 0.170. The van der Waals surface area contributed by atoms with Crippen LogP contribution in [0.3, 0.4) is 0 Å². The van der Waals surface area contributed by atoms with Crippen molar-refractivity contribution >= 4 is 41.1 Å². The Hall–Kier alpha value is -0.320. The van der Waals surface area contributed by atoms with Crippen molar-refractivity contribution in [2.75, 3.05) is 12.5 Å². The highest BCUT2D eigenvalue weighted by atomic mass is 35.5. The zero-order valence-corrected chi connectivity index (χ0v) is 12.7. The molecule has 0 spiro atoms. The fourth-order valence-corrected chi connectivity index (χ4v) is 4.29. The Morgan fingerprint density at radius 2 is 2.06 bits per heavy atom. The maximum Gasteiger partial charge on any atom is 0.304 e. The van der Waals surface area contributed by atoms with Crippen LogP contribution in [0.2, 0.25) is 5.02 Å². The first-order chi connectivity index (χ1) is 8.52. The Labute approximate surface area is 120 Å². The molecule has 18 heavy (non-hydrogen) atoms. The number of aliphatic carboxylic acids is 1. The van der Waals surface area contributed by atoms with Crippen LogP contribution in [0.5, 0.6) is 0 Å². The molecule has 5 heteroatoms. The third kappa shape index (κ3) is 2.65. The molecule has 0 amide bonds. The van der Waals surface area contributed by atoms with Crippen molar-refractivity contribution in [3.63, 3.8) is 0 Å². The second-order valence-corrected chi connectivity index (χ2v) is 6.62. The summed E-state index contributed by atoms with van der Waals surface area (Å²) in [6.45, 7) is 0. The summed E-state index contributed by atoms with van der Waals surface area (Å²) < 4.78 is 0. The van der Waals surface area contributed by atoms with Crippen molar-refractivity contribution in [3.05, 3.63) is 22.7 Å². The summed E-state index contributed by atoms with van der Waals surface area (Å²) >= 11 is 9.59. The summed E-state index contributed by atoms with van der Waals surface area (Å²) in [5, 5.41) is 9.74. The minimum Gasteiger partial charge on any atom is -0.481 e. The van der Waals surface area contributed by atoms with Crippen molar-refractivity contribution < 1.29 is 9.90 Å². The maximum absolute atomic E-state index is 10.9. The Balaban J connectivity index is 2.41. The van der Waals surface area contributed by atoms with E-state index in [0.29, 0.717) is 0 Å². The lowest BCUT2D eigenvalue weighted by atomic mass is 9.92. The molecular formula is C13H15ClO2S2. The third-order valence-electron chi connectivity index (χ3n) is 3.39. The van der Waals surface area contributed by atoms with Crippen LogP contribution >= 0.6 is 35.1 Å². The molecule has 0 aromatic heterocycles. The second-order valence-electron chi connectivity index (χ2n) is 4.54. The average Bonchev–Trinajstić information content (AvgIpc) is 3.07. The van der Waals surface area contributed by atoms with Crippen molar-refractivity contribution in [1.29, 1.82) is 0 Å². The summed E-state index contributed by atoms with van der Waals surface area (Å²) in [7, 11) is 0. The van der Waals surface area contributed by atoms with Crippen LogP contribution < -0.4 is 0 Å². The molecule has 2 rings (SSSR count). The highest BCUT2D eigenvalue weighted by molar-refractivity contribution is 8.01. The first kappa shape index (κ1) is 14.1. The van der Waals surface area contributed by atoms with Gasteiger partial charge in [-0.3, -0.25) is 4.79 Å². The normalized spacial score (nSPS) is 16.6.